The minimum Gasteiger partial charge on any atom is -0.334 e. The Bertz CT molecular complexity index is 963. The fourth-order valence-corrected chi connectivity index (χ4v) is 2.79. The van der Waals surface area contributed by atoms with Crippen LogP contribution < -0.4 is 5.73 Å². The van der Waals surface area contributed by atoms with E-state index in [4.69, 9.17) is 5.73 Å². The maximum atomic E-state index is 5.66. The molecule has 0 radical (unpaired) electrons. The maximum absolute atomic E-state index is 5.66. The lowest BCUT2D eigenvalue weighted by molar-refractivity contribution is 0.924. The van der Waals surface area contributed by atoms with Crippen LogP contribution in [-0.2, 0) is 13.6 Å². The fourth-order valence-electron chi connectivity index (χ4n) is 2.79. The number of hydrogen-bond acceptors (Lipinski definition) is 3. The Kier molecular flexibility index (Phi) is 3.20. The number of pyridine rings is 1. The first-order valence-corrected chi connectivity index (χ1v) is 7.50. The first-order valence-electron chi connectivity index (χ1n) is 7.50. The summed E-state index contributed by atoms with van der Waals surface area (Å²) in [5.41, 5.74) is 10.9. The SMILES string of the molecule is Cn1ccnc1-c1ccn2c(-c3ccc(CN)cc3)cnc2c1. The van der Waals surface area contributed by atoms with E-state index in [1.54, 1.807) is 6.20 Å². The van der Waals surface area contributed by atoms with E-state index < -0.39 is 0 Å². The zero-order valence-electron chi connectivity index (χ0n) is 12.8. The first kappa shape index (κ1) is 13.7. The van der Waals surface area contributed by atoms with Gasteiger partial charge in [-0.05, 0) is 17.7 Å². The molecule has 0 saturated heterocycles. The van der Waals surface area contributed by atoms with Crippen molar-refractivity contribution < 1.29 is 0 Å². The summed E-state index contributed by atoms with van der Waals surface area (Å²) in [4.78, 5) is 8.93. The van der Waals surface area contributed by atoms with Crippen molar-refractivity contribution in [2.75, 3.05) is 0 Å². The van der Waals surface area contributed by atoms with Gasteiger partial charge < -0.3 is 10.3 Å². The number of hydrogen-bond donors (Lipinski definition) is 1. The molecule has 23 heavy (non-hydrogen) atoms. The summed E-state index contributed by atoms with van der Waals surface area (Å²) in [5, 5.41) is 0. The molecule has 114 valence electrons. The Morgan fingerprint density at radius 2 is 1.83 bits per heavy atom. The molecular formula is C18H17N5. The molecule has 0 aliphatic carbocycles. The highest BCUT2D eigenvalue weighted by molar-refractivity contribution is 5.68. The lowest BCUT2D eigenvalue weighted by atomic mass is 10.1. The van der Waals surface area contributed by atoms with Crippen LogP contribution in [0.4, 0.5) is 0 Å². The van der Waals surface area contributed by atoms with Crippen LogP contribution in [0.25, 0.3) is 28.3 Å². The average Bonchev–Trinajstić information content (AvgIpc) is 3.20. The zero-order chi connectivity index (χ0) is 15.8. The van der Waals surface area contributed by atoms with Gasteiger partial charge in [-0.3, -0.25) is 4.40 Å². The standard InChI is InChI=1S/C18H17N5/c1-22-9-7-20-18(22)15-6-8-23-16(12-21-17(23)10-15)14-4-2-13(11-19)3-5-14/h2-10,12H,11,19H2,1H3. The van der Waals surface area contributed by atoms with Crippen LogP contribution in [0.3, 0.4) is 0 Å². The second kappa shape index (κ2) is 5.37. The van der Waals surface area contributed by atoms with Crippen LogP contribution in [0.1, 0.15) is 5.56 Å². The molecule has 4 aromatic rings. The van der Waals surface area contributed by atoms with E-state index in [2.05, 4.69) is 50.8 Å². The van der Waals surface area contributed by atoms with Crippen LogP contribution in [0, 0.1) is 0 Å². The van der Waals surface area contributed by atoms with Gasteiger partial charge in [-0.15, -0.1) is 0 Å². The van der Waals surface area contributed by atoms with E-state index >= 15 is 0 Å². The van der Waals surface area contributed by atoms with Gasteiger partial charge in [-0.1, -0.05) is 24.3 Å². The Morgan fingerprint density at radius 3 is 2.52 bits per heavy atom. The number of fused-ring (bicyclic) bond motifs is 1. The summed E-state index contributed by atoms with van der Waals surface area (Å²) in [7, 11) is 1.99. The van der Waals surface area contributed by atoms with Crippen molar-refractivity contribution in [3.8, 4) is 22.6 Å². The number of rotatable bonds is 3. The largest absolute Gasteiger partial charge is 0.334 e. The molecule has 5 nitrogen and oxygen atoms in total. The Balaban J connectivity index is 1.79. The second-order valence-corrected chi connectivity index (χ2v) is 5.55. The molecule has 0 spiro atoms. The van der Waals surface area contributed by atoms with Crippen LogP contribution >= 0.6 is 0 Å². The number of nitrogens with two attached hydrogens (primary N) is 1. The zero-order valence-corrected chi connectivity index (χ0v) is 12.8. The van der Waals surface area contributed by atoms with E-state index in [1.807, 2.05) is 30.2 Å². The van der Waals surface area contributed by atoms with Gasteiger partial charge in [0.1, 0.15) is 11.5 Å². The highest BCUT2D eigenvalue weighted by Gasteiger charge is 2.09. The molecule has 0 atom stereocenters. The van der Waals surface area contributed by atoms with E-state index in [1.165, 1.54) is 0 Å². The summed E-state index contributed by atoms with van der Waals surface area (Å²) in [6, 6.07) is 12.4. The van der Waals surface area contributed by atoms with Crippen molar-refractivity contribution in [1.29, 1.82) is 0 Å². The first-order chi connectivity index (χ1) is 11.3. The Morgan fingerprint density at radius 1 is 1.00 bits per heavy atom. The van der Waals surface area contributed by atoms with Crippen molar-refractivity contribution >= 4 is 5.65 Å². The smallest absolute Gasteiger partial charge is 0.139 e. The molecule has 0 bridgehead atoms. The van der Waals surface area contributed by atoms with Gasteiger partial charge in [-0.25, -0.2) is 9.97 Å². The molecule has 5 heteroatoms. The Labute approximate surface area is 134 Å². The maximum Gasteiger partial charge on any atom is 0.139 e. The third-order valence-corrected chi connectivity index (χ3v) is 4.08. The monoisotopic (exact) mass is 303 g/mol. The molecule has 0 amide bonds. The van der Waals surface area contributed by atoms with Gasteiger partial charge in [0, 0.05) is 43.3 Å². The third-order valence-electron chi connectivity index (χ3n) is 4.08. The molecule has 4 rings (SSSR count). The van der Waals surface area contributed by atoms with E-state index in [9.17, 15) is 0 Å². The second-order valence-electron chi connectivity index (χ2n) is 5.55. The van der Waals surface area contributed by atoms with Crippen LogP contribution in [0.5, 0.6) is 0 Å². The molecular weight excluding hydrogens is 286 g/mol. The number of imidazole rings is 2. The van der Waals surface area contributed by atoms with E-state index in [0.717, 1.165) is 33.9 Å². The lowest BCUT2D eigenvalue weighted by Crippen LogP contribution is -1.96. The highest BCUT2D eigenvalue weighted by atomic mass is 15.0. The predicted octanol–water partition coefficient (Wildman–Crippen LogP) is 2.86. The lowest BCUT2D eigenvalue weighted by Gasteiger charge is -2.05. The van der Waals surface area contributed by atoms with Gasteiger partial charge in [0.05, 0.1) is 11.9 Å². The average molecular weight is 303 g/mol. The molecule has 1 aromatic carbocycles. The molecule has 0 saturated carbocycles. The van der Waals surface area contributed by atoms with E-state index in [0.29, 0.717) is 6.54 Å². The number of nitrogens with zero attached hydrogens (tertiary/aromatic N) is 4. The summed E-state index contributed by atoms with van der Waals surface area (Å²) in [5.74, 6) is 0.935. The van der Waals surface area contributed by atoms with Gasteiger partial charge in [-0.2, -0.15) is 0 Å². The quantitative estimate of drug-likeness (QED) is 0.633. The third kappa shape index (κ3) is 2.31. The van der Waals surface area contributed by atoms with Gasteiger partial charge >= 0.3 is 0 Å². The van der Waals surface area contributed by atoms with Crippen molar-refractivity contribution in [1.82, 2.24) is 18.9 Å². The number of benzene rings is 1. The summed E-state index contributed by atoms with van der Waals surface area (Å²) >= 11 is 0. The minimum atomic E-state index is 0.556. The minimum absolute atomic E-state index is 0.556. The van der Waals surface area contributed by atoms with E-state index in [-0.39, 0.29) is 0 Å². The molecule has 3 aromatic heterocycles. The molecule has 0 aliphatic rings. The fraction of sp³-hybridized carbons (Fsp3) is 0.111. The molecule has 2 N–H and O–H groups in total. The highest BCUT2D eigenvalue weighted by Crippen LogP contribution is 2.24. The van der Waals surface area contributed by atoms with Crippen molar-refractivity contribution in [3.63, 3.8) is 0 Å². The summed E-state index contributed by atoms with van der Waals surface area (Å²) in [6.45, 7) is 0.556. The van der Waals surface area contributed by atoms with Crippen molar-refractivity contribution in [2.24, 2.45) is 12.8 Å². The molecule has 3 heterocycles. The van der Waals surface area contributed by atoms with Crippen LogP contribution in [0.15, 0.2) is 61.2 Å². The molecule has 0 aliphatic heterocycles. The predicted molar refractivity (Wildman–Crippen MR) is 90.7 cm³/mol. The van der Waals surface area contributed by atoms with Crippen molar-refractivity contribution in [2.45, 2.75) is 6.54 Å². The van der Waals surface area contributed by atoms with Crippen molar-refractivity contribution in [3.05, 3.63) is 66.7 Å². The normalized spacial score (nSPS) is 11.2. The van der Waals surface area contributed by atoms with Crippen LogP contribution in [0.2, 0.25) is 0 Å². The van der Waals surface area contributed by atoms with Gasteiger partial charge in [0.25, 0.3) is 0 Å². The number of aryl methyl sites for hydroxylation is 1. The molecule has 0 unspecified atom stereocenters. The topological polar surface area (TPSA) is 61.1 Å². The van der Waals surface area contributed by atoms with Gasteiger partial charge in [0.2, 0.25) is 0 Å². The Hall–Kier alpha value is -2.92. The van der Waals surface area contributed by atoms with Gasteiger partial charge in [0.15, 0.2) is 0 Å². The molecule has 0 fully saturated rings. The summed E-state index contributed by atoms with van der Waals surface area (Å²) in [6.07, 6.45) is 7.68. The summed E-state index contributed by atoms with van der Waals surface area (Å²) < 4.78 is 4.09. The van der Waals surface area contributed by atoms with Crippen LogP contribution in [-0.4, -0.2) is 18.9 Å². The number of aromatic nitrogens is 4.